The standard InChI is InChI=1S/C14H19N3O4/c1-3-4-8-16(2)13(18)10-15-14(19)11-6-5-7-12(9-11)17(20)21/h5-7,9H,3-4,8,10H2,1-2H3,(H,15,19). The van der Waals surface area contributed by atoms with Crippen molar-refractivity contribution in [1.29, 1.82) is 0 Å². The predicted molar refractivity (Wildman–Crippen MR) is 78.0 cm³/mol. The van der Waals surface area contributed by atoms with E-state index < -0.39 is 10.8 Å². The number of carbonyl (C=O) groups excluding carboxylic acids is 2. The van der Waals surface area contributed by atoms with Crippen LogP contribution in [0.4, 0.5) is 5.69 Å². The molecule has 0 spiro atoms. The SMILES string of the molecule is CCCCN(C)C(=O)CNC(=O)c1cccc([N+](=O)[O-])c1. The van der Waals surface area contributed by atoms with Crippen LogP contribution >= 0.6 is 0 Å². The molecule has 0 aliphatic rings. The van der Waals surface area contributed by atoms with Crippen molar-refractivity contribution >= 4 is 17.5 Å². The molecular formula is C14H19N3O4. The zero-order valence-corrected chi connectivity index (χ0v) is 12.2. The second kappa shape index (κ2) is 7.98. The highest BCUT2D eigenvalue weighted by Gasteiger charge is 2.13. The number of rotatable bonds is 7. The molecule has 7 heteroatoms. The second-order valence-corrected chi connectivity index (χ2v) is 4.66. The van der Waals surface area contributed by atoms with Crippen LogP contribution in [0.25, 0.3) is 0 Å². The fraction of sp³-hybridized carbons (Fsp3) is 0.429. The van der Waals surface area contributed by atoms with Gasteiger partial charge in [-0.05, 0) is 12.5 Å². The molecule has 1 N–H and O–H groups in total. The van der Waals surface area contributed by atoms with E-state index in [1.54, 1.807) is 11.9 Å². The number of nitrogens with zero attached hydrogens (tertiary/aromatic N) is 2. The largest absolute Gasteiger partial charge is 0.344 e. The number of nitro benzene ring substituents is 1. The van der Waals surface area contributed by atoms with Crippen molar-refractivity contribution in [2.45, 2.75) is 19.8 Å². The van der Waals surface area contributed by atoms with Gasteiger partial charge >= 0.3 is 0 Å². The Hall–Kier alpha value is -2.44. The van der Waals surface area contributed by atoms with E-state index in [1.165, 1.54) is 24.3 Å². The van der Waals surface area contributed by atoms with Crippen LogP contribution in [-0.2, 0) is 4.79 Å². The Morgan fingerprint density at radius 1 is 1.38 bits per heavy atom. The van der Waals surface area contributed by atoms with Crippen molar-refractivity contribution in [2.24, 2.45) is 0 Å². The lowest BCUT2D eigenvalue weighted by Gasteiger charge is -2.16. The molecule has 0 saturated heterocycles. The van der Waals surface area contributed by atoms with Crippen molar-refractivity contribution in [2.75, 3.05) is 20.1 Å². The monoisotopic (exact) mass is 293 g/mol. The first-order valence-electron chi connectivity index (χ1n) is 6.72. The highest BCUT2D eigenvalue weighted by atomic mass is 16.6. The highest BCUT2D eigenvalue weighted by Crippen LogP contribution is 2.12. The normalized spacial score (nSPS) is 10.0. The van der Waals surface area contributed by atoms with Crippen LogP contribution in [0.15, 0.2) is 24.3 Å². The van der Waals surface area contributed by atoms with E-state index in [9.17, 15) is 19.7 Å². The fourth-order valence-electron chi connectivity index (χ4n) is 1.67. The van der Waals surface area contributed by atoms with E-state index in [4.69, 9.17) is 0 Å². The minimum atomic E-state index is -0.569. The molecule has 0 aliphatic heterocycles. The van der Waals surface area contributed by atoms with Crippen molar-refractivity contribution in [3.63, 3.8) is 0 Å². The number of nitro groups is 1. The van der Waals surface area contributed by atoms with Gasteiger partial charge in [0.15, 0.2) is 0 Å². The molecule has 0 aliphatic carbocycles. The number of hydrogen-bond acceptors (Lipinski definition) is 4. The number of carbonyl (C=O) groups is 2. The molecule has 1 aromatic carbocycles. The molecule has 0 heterocycles. The minimum absolute atomic E-state index is 0.123. The molecule has 0 saturated carbocycles. The molecule has 7 nitrogen and oxygen atoms in total. The van der Waals surface area contributed by atoms with Crippen LogP contribution in [0.2, 0.25) is 0 Å². The second-order valence-electron chi connectivity index (χ2n) is 4.66. The molecule has 0 unspecified atom stereocenters. The zero-order valence-electron chi connectivity index (χ0n) is 12.2. The lowest BCUT2D eigenvalue weighted by Crippen LogP contribution is -2.38. The molecular weight excluding hydrogens is 274 g/mol. The number of benzene rings is 1. The molecule has 0 aromatic heterocycles. The van der Waals surface area contributed by atoms with E-state index in [0.29, 0.717) is 6.54 Å². The Labute approximate surface area is 123 Å². The summed E-state index contributed by atoms with van der Waals surface area (Å²) in [5.74, 6) is -0.696. The fourth-order valence-corrected chi connectivity index (χ4v) is 1.67. The van der Waals surface area contributed by atoms with Gasteiger partial charge < -0.3 is 10.2 Å². The number of likely N-dealkylation sites (N-methyl/N-ethyl adjacent to an activating group) is 1. The Balaban J connectivity index is 2.56. The molecule has 0 fully saturated rings. The first-order valence-corrected chi connectivity index (χ1v) is 6.72. The summed E-state index contributed by atoms with van der Waals surface area (Å²) < 4.78 is 0. The van der Waals surface area contributed by atoms with Gasteiger partial charge in [-0.3, -0.25) is 19.7 Å². The lowest BCUT2D eigenvalue weighted by atomic mass is 10.2. The Morgan fingerprint density at radius 3 is 2.71 bits per heavy atom. The average Bonchev–Trinajstić information content (AvgIpc) is 2.49. The minimum Gasteiger partial charge on any atom is -0.344 e. The lowest BCUT2D eigenvalue weighted by molar-refractivity contribution is -0.384. The summed E-state index contributed by atoms with van der Waals surface area (Å²) in [4.78, 5) is 35.2. The number of nitrogens with one attached hydrogen (secondary N) is 1. The maximum atomic E-state index is 11.9. The summed E-state index contributed by atoms with van der Waals surface area (Å²) in [6.45, 7) is 2.55. The van der Waals surface area contributed by atoms with Gasteiger partial charge in [-0.1, -0.05) is 19.4 Å². The predicted octanol–water partition coefficient (Wildman–Crippen LogP) is 1.58. The average molecular weight is 293 g/mol. The third-order valence-corrected chi connectivity index (χ3v) is 2.99. The quantitative estimate of drug-likeness (QED) is 0.610. The third kappa shape index (κ3) is 5.21. The van der Waals surface area contributed by atoms with Gasteiger partial charge in [0.2, 0.25) is 5.91 Å². The van der Waals surface area contributed by atoms with Gasteiger partial charge in [-0.15, -0.1) is 0 Å². The summed E-state index contributed by atoms with van der Waals surface area (Å²) in [6.07, 6.45) is 1.89. The van der Waals surface area contributed by atoms with Crippen molar-refractivity contribution in [1.82, 2.24) is 10.2 Å². The first-order chi connectivity index (χ1) is 9.95. The molecule has 1 rings (SSSR count). The Morgan fingerprint density at radius 2 is 2.10 bits per heavy atom. The summed E-state index contributed by atoms with van der Waals surface area (Å²) in [5.41, 5.74) is 0.00208. The van der Waals surface area contributed by atoms with E-state index in [2.05, 4.69) is 5.32 Å². The maximum Gasteiger partial charge on any atom is 0.270 e. The Bertz CT molecular complexity index is 531. The van der Waals surface area contributed by atoms with Gasteiger partial charge in [0.25, 0.3) is 11.6 Å². The van der Waals surface area contributed by atoms with Gasteiger partial charge in [-0.2, -0.15) is 0 Å². The highest BCUT2D eigenvalue weighted by molar-refractivity contribution is 5.96. The van der Waals surface area contributed by atoms with E-state index in [-0.39, 0.29) is 23.7 Å². The van der Waals surface area contributed by atoms with Crippen molar-refractivity contribution in [3.05, 3.63) is 39.9 Å². The number of amides is 2. The molecule has 2 amide bonds. The molecule has 0 bridgehead atoms. The molecule has 1 aromatic rings. The van der Waals surface area contributed by atoms with Gasteiger partial charge in [0, 0.05) is 31.3 Å². The summed E-state index contributed by atoms with van der Waals surface area (Å²) in [5, 5.41) is 13.1. The molecule has 21 heavy (non-hydrogen) atoms. The van der Waals surface area contributed by atoms with Crippen LogP contribution in [0.1, 0.15) is 30.1 Å². The van der Waals surface area contributed by atoms with E-state index >= 15 is 0 Å². The maximum absolute atomic E-state index is 11.9. The number of unbranched alkanes of at least 4 members (excludes halogenated alkanes) is 1. The van der Waals surface area contributed by atoms with Crippen molar-refractivity contribution in [3.8, 4) is 0 Å². The van der Waals surface area contributed by atoms with E-state index in [0.717, 1.165) is 12.8 Å². The van der Waals surface area contributed by atoms with Crippen LogP contribution in [0.5, 0.6) is 0 Å². The van der Waals surface area contributed by atoms with Crippen LogP contribution < -0.4 is 5.32 Å². The smallest absolute Gasteiger partial charge is 0.270 e. The molecule has 114 valence electrons. The molecule has 0 radical (unpaired) electrons. The topological polar surface area (TPSA) is 92.6 Å². The van der Waals surface area contributed by atoms with Crippen LogP contribution in [0.3, 0.4) is 0 Å². The molecule has 0 atom stereocenters. The summed E-state index contributed by atoms with van der Waals surface area (Å²) >= 11 is 0. The van der Waals surface area contributed by atoms with Gasteiger partial charge in [0.1, 0.15) is 0 Å². The third-order valence-electron chi connectivity index (χ3n) is 2.99. The van der Waals surface area contributed by atoms with Gasteiger partial charge in [0.05, 0.1) is 11.5 Å². The van der Waals surface area contributed by atoms with Crippen molar-refractivity contribution < 1.29 is 14.5 Å². The summed E-state index contributed by atoms with van der Waals surface area (Å²) in [7, 11) is 1.68. The van der Waals surface area contributed by atoms with Gasteiger partial charge in [-0.25, -0.2) is 0 Å². The Kier molecular flexibility index (Phi) is 6.32. The first kappa shape index (κ1) is 16.6. The van der Waals surface area contributed by atoms with Crippen LogP contribution in [-0.4, -0.2) is 41.8 Å². The van der Waals surface area contributed by atoms with E-state index in [1.807, 2.05) is 6.92 Å². The number of hydrogen-bond donors (Lipinski definition) is 1. The zero-order chi connectivity index (χ0) is 15.8. The number of non-ortho nitro benzene ring substituents is 1. The van der Waals surface area contributed by atoms with Crippen LogP contribution in [0, 0.1) is 10.1 Å². The summed E-state index contributed by atoms with van der Waals surface area (Å²) in [6, 6.07) is 5.39.